The van der Waals surface area contributed by atoms with Crippen LogP contribution in [0.25, 0.3) is 0 Å². The molecule has 7 nitrogen and oxygen atoms in total. The Morgan fingerprint density at radius 3 is 2.50 bits per heavy atom. The van der Waals surface area contributed by atoms with Crippen molar-refractivity contribution < 1.29 is 19.2 Å². The Labute approximate surface area is 178 Å². The molecule has 0 spiro atoms. The van der Waals surface area contributed by atoms with Gasteiger partial charge in [0.05, 0.1) is 22.6 Å². The van der Waals surface area contributed by atoms with Gasteiger partial charge < -0.3 is 14.8 Å². The van der Waals surface area contributed by atoms with Crippen molar-refractivity contribution in [3.63, 3.8) is 0 Å². The van der Waals surface area contributed by atoms with Crippen LogP contribution in [0, 0.1) is 10.1 Å². The lowest BCUT2D eigenvalue weighted by Gasteiger charge is -2.13. The van der Waals surface area contributed by atoms with Gasteiger partial charge in [-0.05, 0) is 29.3 Å². The molecule has 1 N–H and O–H groups in total. The molecule has 0 aliphatic carbocycles. The van der Waals surface area contributed by atoms with E-state index in [2.05, 4.69) is 5.32 Å². The maximum absolute atomic E-state index is 12.4. The maximum atomic E-state index is 12.4. The molecule has 0 atom stereocenters. The number of benzene rings is 3. The molecular weight excluding hydrogens is 408 g/mol. The lowest BCUT2D eigenvalue weighted by Crippen LogP contribution is -2.23. The first-order valence-corrected chi connectivity index (χ1v) is 9.41. The molecule has 0 bridgehead atoms. The van der Waals surface area contributed by atoms with E-state index in [4.69, 9.17) is 21.1 Å². The highest BCUT2D eigenvalue weighted by molar-refractivity contribution is 6.33. The van der Waals surface area contributed by atoms with Crippen molar-refractivity contribution in [1.82, 2.24) is 5.32 Å². The van der Waals surface area contributed by atoms with Crippen molar-refractivity contribution in [1.29, 1.82) is 0 Å². The van der Waals surface area contributed by atoms with Crippen LogP contribution in [0.4, 0.5) is 5.69 Å². The van der Waals surface area contributed by atoms with E-state index in [0.29, 0.717) is 18.1 Å². The average Bonchev–Trinajstić information content (AvgIpc) is 2.77. The summed E-state index contributed by atoms with van der Waals surface area (Å²) in [6.45, 7) is 0.589. The molecule has 0 saturated carbocycles. The summed E-state index contributed by atoms with van der Waals surface area (Å²) in [6, 6.07) is 18.8. The van der Waals surface area contributed by atoms with Gasteiger partial charge >= 0.3 is 0 Å². The average molecular weight is 427 g/mol. The molecule has 8 heteroatoms. The smallest absolute Gasteiger partial charge is 0.270 e. The zero-order valence-electron chi connectivity index (χ0n) is 16.1. The third-order valence-electron chi connectivity index (χ3n) is 4.32. The Balaban J connectivity index is 1.66. The minimum atomic E-state index is -0.577. The highest BCUT2D eigenvalue weighted by Crippen LogP contribution is 2.29. The molecule has 0 aliphatic heterocycles. The topological polar surface area (TPSA) is 90.7 Å². The number of nitro groups is 1. The number of carbonyl (C=O) groups excluding carboxylic acids is 1. The highest BCUT2D eigenvalue weighted by atomic mass is 35.5. The molecular formula is C22H19ClN2O5. The first-order valence-electron chi connectivity index (χ1n) is 9.03. The number of nitro benzene ring substituents is 1. The minimum Gasteiger partial charge on any atom is -0.493 e. The largest absolute Gasteiger partial charge is 0.493 e. The number of methoxy groups -OCH3 is 1. The molecule has 0 aliphatic rings. The van der Waals surface area contributed by atoms with E-state index in [0.717, 1.165) is 17.2 Å². The maximum Gasteiger partial charge on any atom is 0.270 e. The van der Waals surface area contributed by atoms with Crippen molar-refractivity contribution in [2.24, 2.45) is 0 Å². The van der Waals surface area contributed by atoms with E-state index < -0.39 is 10.8 Å². The van der Waals surface area contributed by atoms with Gasteiger partial charge in [-0.2, -0.15) is 0 Å². The van der Waals surface area contributed by atoms with Crippen LogP contribution >= 0.6 is 11.6 Å². The van der Waals surface area contributed by atoms with E-state index >= 15 is 0 Å². The van der Waals surface area contributed by atoms with Crippen molar-refractivity contribution in [3.8, 4) is 11.5 Å². The summed E-state index contributed by atoms with van der Waals surface area (Å²) in [7, 11) is 1.54. The first-order chi connectivity index (χ1) is 14.5. The predicted molar refractivity (Wildman–Crippen MR) is 113 cm³/mol. The summed E-state index contributed by atoms with van der Waals surface area (Å²) < 4.78 is 11.2. The molecule has 0 heterocycles. The van der Waals surface area contributed by atoms with Gasteiger partial charge in [0.2, 0.25) is 0 Å². The number of amides is 1. The Bertz CT molecular complexity index is 1060. The van der Waals surface area contributed by atoms with Gasteiger partial charge in [0.15, 0.2) is 11.5 Å². The number of non-ortho nitro benzene ring substituents is 1. The summed E-state index contributed by atoms with van der Waals surface area (Å²) in [5.74, 6) is 0.608. The van der Waals surface area contributed by atoms with E-state index in [1.807, 2.05) is 30.3 Å². The fourth-order valence-corrected chi connectivity index (χ4v) is 2.96. The quantitative estimate of drug-likeness (QED) is 0.414. The van der Waals surface area contributed by atoms with E-state index in [1.54, 1.807) is 18.2 Å². The molecule has 0 radical (unpaired) electrons. The second-order valence-corrected chi connectivity index (χ2v) is 6.77. The van der Waals surface area contributed by atoms with Crippen molar-refractivity contribution in [3.05, 3.63) is 98.6 Å². The van der Waals surface area contributed by atoms with Crippen LogP contribution in [0.15, 0.2) is 66.7 Å². The van der Waals surface area contributed by atoms with Gasteiger partial charge in [0, 0.05) is 18.7 Å². The molecule has 0 saturated heterocycles. The van der Waals surface area contributed by atoms with Crippen LogP contribution in [-0.2, 0) is 13.2 Å². The minimum absolute atomic E-state index is 0.0423. The van der Waals surface area contributed by atoms with Gasteiger partial charge in [0.1, 0.15) is 6.61 Å². The number of nitrogens with one attached hydrogen (secondary N) is 1. The predicted octanol–water partition coefficient (Wildman–Crippen LogP) is 4.77. The molecule has 30 heavy (non-hydrogen) atoms. The first kappa shape index (κ1) is 21.1. The number of ether oxygens (including phenoxy) is 2. The number of hydrogen-bond acceptors (Lipinski definition) is 5. The number of nitrogens with zero attached hydrogens (tertiary/aromatic N) is 1. The fourth-order valence-electron chi connectivity index (χ4n) is 2.75. The van der Waals surface area contributed by atoms with Crippen LogP contribution in [0.2, 0.25) is 5.02 Å². The normalized spacial score (nSPS) is 10.3. The van der Waals surface area contributed by atoms with Crippen molar-refractivity contribution in [2.45, 2.75) is 13.2 Å². The van der Waals surface area contributed by atoms with Gasteiger partial charge in [0.25, 0.3) is 11.6 Å². The van der Waals surface area contributed by atoms with Gasteiger partial charge in [-0.1, -0.05) is 48.0 Å². The summed E-state index contributed by atoms with van der Waals surface area (Å²) in [5, 5.41) is 13.8. The molecule has 3 aromatic rings. The lowest BCUT2D eigenvalue weighted by molar-refractivity contribution is -0.384. The second-order valence-electron chi connectivity index (χ2n) is 6.36. The Kier molecular flexibility index (Phi) is 6.87. The number of hydrogen-bond donors (Lipinski definition) is 1. The van der Waals surface area contributed by atoms with Crippen LogP contribution in [0.1, 0.15) is 21.5 Å². The summed E-state index contributed by atoms with van der Waals surface area (Å²) in [6.07, 6.45) is 0. The molecule has 0 unspecified atom stereocenters. The number of rotatable bonds is 8. The SMILES string of the molecule is COc1cc(CNC(=O)c2cc([N+](=O)[O-])ccc2Cl)ccc1OCc1ccccc1. The summed E-state index contributed by atoms with van der Waals surface area (Å²) in [4.78, 5) is 22.8. The molecule has 154 valence electrons. The zero-order chi connectivity index (χ0) is 21.5. The molecule has 1 amide bonds. The number of halogens is 1. The molecule has 0 fully saturated rings. The van der Waals surface area contributed by atoms with Crippen LogP contribution in [0.5, 0.6) is 11.5 Å². The lowest BCUT2D eigenvalue weighted by atomic mass is 10.1. The Hall–Kier alpha value is -3.58. The van der Waals surface area contributed by atoms with Crippen LogP contribution in [-0.4, -0.2) is 17.9 Å². The fraction of sp³-hybridized carbons (Fsp3) is 0.136. The molecule has 0 aromatic heterocycles. The monoisotopic (exact) mass is 426 g/mol. The van der Waals surface area contributed by atoms with Crippen molar-refractivity contribution >= 4 is 23.2 Å². The summed E-state index contributed by atoms with van der Waals surface area (Å²) in [5.41, 5.74) is 1.64. The van der Waals surface area contributed by atoms with Gasteiger partial charge in [-0.3, -0.25) is 14.9 Å². The Morgan fingerprint density at radius 1 is 1.03 bits per heavy atom. The van der Waals surface area contributed by atoms with Crippen LogP contribution in [0.3, 0.4) is 0 Å². The molecule has 3 aromatic carbocycles. The van der Waals surface area contributed by atoms with Gasteiger partial charge in [-0.25, -0.2) is 0 Å². The molecule has 3 rings (SSSR count). The van der Waals surface area contributed by atoms with Gasteiger partial charge in [-0.15, -0.1) is 0 Å². The van der Waals surface area contributed by atoms with Crippen LogP contribution < -0.4 is 14.8 Å². The summed E-state index contributed by atoms with van der Waals surface area (Å²) >= 11 is 6.01. The van der Waals surface area contributed by atoms with E-state index in [9.17, 15) is 14.9 Å². The highest BCUT2D eigenvalue weighted by Gasteiger charge is 2.16. The zero-order valence-corrected chi connectivity index (χ0v) is 16.9. The third kappa shape index (κ3) is 5.27. The standard InChI is InChI=1S/C22H19ClN2O5/c1-29-21-11-16(7-10-20(21)30-14-15-5-3-2-4-6-15)13-24-22(26)18-12-17(25(27)28)8-9-19(18)23/h2-12H,13-14H2,1H3,(H,24,26). The second kappa shape index (κ2) is 9.76. The van der Waals surface area contributed by atoms with E-state index in [1.165, 1.54) is 19.2 Å². The number of carbonyl (C=O) groups is 1. The Morgan fingerprint density at radius 2 is 1.80 bits per heavy atom. The third-order valence-corrected chi connectivity index (χ3v) is 4.65. The van der Waals surface area contributed by atoms with E-state index in [-0.39, 0.29) is 22.8 Å². The van der Waals surface area contributed by atoms with Crippen molar-refractivity contribution in [2.75, 3.05) is 7.11 Å².